The fraction of sp³-hybridized carbons (Fsp3) is 0.667. The van der Waals surface area contributed by atoms with Crippen LogP contribution in [0.1, 0.15) is 43.6 Å². The fourth-order valence-corrected chi connectivity index (χ4v) is 2.02. The predicted molar refractivity (Wildman–Crippen MR) is 76.3 cm³/mol. The summed E-state index contributed by atoms with van der Waals surface area (Å²) in [5.74, 6) is 3.35. The Labute approximate surface area is 111 Å². The van der Waals surface area contributed by atoms with Gasteiger partial charge < -0.3 is 5.32 Å². The van der Waals surface area contributed by atoms with Crippen molar-refractivity contribution >= 4 is 0 Å². The number of rotatable bonds is 7. The maximum Gasteiger partial charge on any atom is 0.0641 e. The Balaban J connectivity index is 2.60. The number of nitrogens with zero attached hydrogens (tertiary/aromatic N) is 2. The van der Waals surface area contributed by atoms with E-state index in [9.17, 15) is 0 Å². The van der Waals surface area contributed by atoms with Crippen LogP contribution in [0.25, 0.3) is 0 Å². The van der Waals surface area contributed by atoms with Gasteiger partial charge in [0.2, 0.25) is 0 Å². The lowest BCUT2D eigenvalue weighted by Crippen LogP contribution is -2.19. The van der Waals surface area contributed by atoms with E-state index in [4.69, 9.17) is 6.42 Å². The number of aryl methyl sites for hydroxylation is 2. The summed E-state index contributed by atoms with van der Waals surface area (Å²) in [5.41, 5.74) is 3.72. The summed E-state index contributed by atoms with van der Waals surface area (Å²) in [5, 5.41) is 8.07. The third-order valence-electron chi connectivity index (χ3n) is 3.08. The Morgan fingerprint density at radius 1 is 1.39 bits per heavy atom. The average Bonchev–Trinajstić information content (AvgIpc) is 2.56. The van der Waals surface area contributed by atoms with Crippen LogP contribution in [0.2, 0.25) is 0 Å². The van der Waals surface area contributed by atoms with Crippen LogP contribution in [0.4, 0.5) is 0 Å². The number of hydrogen-bond acceptors (Lipinski definition) is 2. The molecule has 0 saturated carbocycles. The van der Waals surface area contributed by atoms with E-state index in [0.29, 0.717) is 5.92 Å². The van der Waals surface area contributed by atoms with Crippen LogP contribution in [-0.2, 0) is 13.1 Å². The Morgan fingerprint density at radius 3 is 2.72 bits per heavy atom. The number of terminal acetylenes is 1. The molecule has 0 bridgehead atoms. The third kappa shape index (κ3) is 4.19. The lowest BCUT2D eigenvalue weighted by molar-refractivity contribution is 0.547. The van der Waals surface area contributed by atoms with Crippen molar-refractivity contribution in [3.8, 4) is 12.3 Å². The van der Waals surface area contributed by atoms with Crippen molar-refractivity contribution in [1.82, 2.24) is 15.1 Å². The monoisotopic (exact) mass is 247 g/mol. The number of aromatic nitrogens is 2. The second-order valence-corrected chi connectivity index (χ2v) is 5.20. The van der Waals surface area contributed by atoms with Crippen molar-refractivity contribution in [2.45, 2.75) is 53.6 Å². The number of hydrogen-bond donors (Lipinski definition) is 1. The van der Waals surface area contributed by atoms with E-state index in [1.54, 1.807) is 0 Å². The Kier molecular flexibility index (Phi) is 5.94. The topological polar surface area (TPSA) is 29.9 Å². The predicted octanol–water partition coefficient (Wildman–Crippen LogP) is 2.66. The number of unbranched alkanes of at least 4 members (excludes halogenated alkanes) is 1. The van der Waals surface area contributed by atoms with Gasteiger partial charge in [-0.15, -0.1) is 12.3 Å². The highest BCUT2D eigenvalue weighted by atomic mass is 15.3. The van der Waals surface area contributed by atoms with Crippen LogP contribution in [-0.4, -0.2) is 16.3 Å². The van der Waals surface area contributed by atoms with E-state index in [2.05, 4.69) is 48.7 Å². The molecule has 0 aliphatic heterocycles. The molecule has 100 valence electrons. The zero-order chi connectivity index (χ0) is 13.5. The minimum atomic E-state index is 0.677. The summed E-state index contributed by atoms with van der Waals surface area (Å²) in [6, 6.07) is 0. The minimum Gasteiger partial charge on any atom is -0.312 e. The smallest absolute Gasteiger partial charge is 0.0641 e. The second-order valence-electron chi connectivity index (χ2n) is 5.20. The molecule has 0 saturated heterocycles. The van der Waals surface area contributed by atoms with Crippen LogP contribution < -0.4 is 5.32 Å². The molecule has 18 heavy (non-hydrogen) atoms. The van der Waals surface area contributed by atoms with Crippen molar-refractivity contribution in [2.24, 2.45) is 5.92 Å². The Hall–Kier alpha value is -1.27. The molecule has 0 aromatic carbocycles. The van der Waals surface area contributed by atoms with E-state index >= 15 is 0 Å². The van der Waals surface area contributed by atoms with Gasteiger partial charge in [0.1, 0.15) is 0 Å². The SMILES string of the molecule is C#CCCCn1nc(C)c(CNCC(C)C)c1C. The quantitative estimate of drug-likeness (QED) is 0.593. The van der Waals surface area contributed by atoms with E-state index in [1.807, 2.05) is 0 Å². The van der Waals surface area contributed by atoms with Crippen LogP contribution in [0.3, 0.4) is 0 Å². The van der Waals surface area contributed by atoms with Crippen molar-refractivity contribution in [3.05, 3.63) is 17.0 Å². The normalized spacial score (nSPS) is 10.9. The molecule has 1 aromatic heterocycles. The third-order valence-corrected chi connectivity index (χ3v) is 3.08. The van der Waals surface area contributed by atoms with E-state index in [1.165, 1.54) is 11.3 Å². The summed E-state index contributed by atoms with van der Waals surface area (Å²) >= 11 is 0. The first-order chi connectivity index (χ1) is 8.56. The molecular weight excluding hydrogens is 222 g/mol. The average molecular weight is 247 g/mol. The number of nitrogens with one attached hydrogen (secondary N) is 1. The van der Waals surface area contributed by atoms with Crippen molar-refractivity contribution in [2.75, 3.05) is 6.54 Å². The first-order valence-corrected chi connectivity index (χ1v) is 6.73. The molecule has 1 aromatic rings. The molecule has 1 N–H and O–H groups in total. The highest BCUT2D eigenvalue weighted by Gasteiger charge is 2.10. The van der Waals surface area contributed by atoms with Gasteiger partial charge in [0.15, 0.2) is 0 Å². The lowest BCUT2D eigenvalue weighted by atomic mass is 10.1. The molecule has 0 fully saturated rings. The van der Waals surface area contributed by atoms with Gasteiger partial charge in [0.25, 0.3) is 0 Å². The first kappa shape index (κ1) is 14.8. The highest BCUT2D eigenvalue weighted by molar-refractivity contribution is 5.24. The zero-order valence-electron chi connectivity index (χ0n) is 12.1. The largest absolute Gasteiger partial charge is 0.312 e. The summed E-state index contributed by atoms with van der Waals surface area (Å²) < 4.78 is 2.08. The maximum atomic E-state index is 5.27. The van der Waals surface area contributed by atoms with Crippen LogP contribution in [0.5, 0.6) is 0 Å². The van der Waals surface area contributed by atoms with Gasteiger partial charge in [-0.1, -0.05) is 13.8 Å². The summed E-state index contributed by atoms with van der Waals surface area (Å²) in [6.07, 6.45) is 7.09. The molecule has 0 atom stereocenters. The van der Waals surface area contributed by atoms with Gasteiger partial charge >= 0.3 is 0 Å². The Bertz CT molecular complexity index is 410. The van der Waals surface area contributed by atoms with Crippen LogP contribution >= 0.6 is 0 Å². The molecule has 3 nitrogen and oxygen atoms in total. The maximum absolute atomic E-state index is 5.27. The lowest BCUT2D eigenvalue weighted by Gasteiger charge is -2.08. The van der Waals surface area contributed by atoms with Gasteiger partial charge in [-0.2, -0.15) is 5.10 Å². The minimum absolute atomic E-state index is 0.677. The standard InChI is InChI=1S/C15H25N3/c1-6-7-8-9-18-14(5)15(13(4)17-18)11-16-10-12(2)3/h1,12,16H,7-11H2,2-5H3. The molecule has 1 heterocycles. The van der Waals surface area contributed by atoms with Crippen molar-refractivity contribution < 1.29 is 0 Å². The molecule has 0 radical (unpaired) electrons. The van der Waals surface area contributed by atoms with Crippen molar-refractivity contribution in [1.29, 1.82) is 0 Å². The van der Waals surface area contributed by atoms with E-state index < -0.39 is 0 Å². The van der Waals surface area contributed by atoms with Gasteiger partial charge in [-0.3, -0.25) is 4.68 Å². The zero-order valence-corrected chi connectivity index (χ0v) is 12.1. The molecule has 0 aliphatic rings. The molecule has 3 heteroatoms. The van der Waals surface area contributed by atoms with Gasteiger partial charge in [0.05, 0.1) is 5.69 Å². The molecule has 1 rings (SSSR count). The summed E-state index contributed by atoms with van der Waals surface area (Å²) in [6.45, 7) is 11.5. The van der Waals surface area contributed by atoms with Crippen LogP contribution in [0.15, 0.2) is 0 Å². The fourth-order valence-electron chi connectivity index (χ4n) is 2.02. The van der Waals surface area contributed by atoms with Gasteiger partial charge in [-0.25, -0.2) is 0 Å². The second kappa shape index (κ2) is 7.23. The van der Waals surface area contributed by atoms with Crippen molar-refractivity contribution in [3.63, 3.8) is 0 Å². The van der Waals surface area contributed by atoms with E-state index in [-0.39, 0.29) is 0 Å². The van der Waals surface area contributed by atoms with E-state index in [0.717, 1.165) is 38.2 Å². The molecule has 0 aliphatic carbocycles. The summed E-state index contributed by atoms with van der Waals surface area (Å²) in [7, 11) is 0. The summed E-state index contributed by atoms with van der Waals surface area (Å²) in [4.78, 5) is 0. The Morgan fingerprint density at radius 2 is 2.11 bits per heavy atom. The first-order valence-electron chi connectivity index (χ1n) is 6.73. The molecular formula is C15H25N3. The molecule has 0 spiro atoms. The highest BCUT2D eigenvalue weighted by Crippen LogP contribution is 2.13. The van der Waals surface area contributed by atoms with Crippen LogP contribution in [0, 0.1) is 32.1 Å². The molecule has 0 unspecified atom stereocenters. The van der Waals surface area contributed by atoms with Gasteiger partial charge in [-0.05, 0) is 32.7 Å². The molecule has 0 amide bonds. The van der Waals surface area contributed by atoms with Gasteiger partial charge in [0, 0.05) is 30.8 Å².